The Morgan fingerprint density at radius 1 is 1.53 bits per heavy atom. The number of rotatable bonds is 9. The molecule has 108 valence electrons. The Morgan fingerprint density at radius 2 is 2.26 bits per heavy atom. The second-order valence-corrected chi connectivity index (χ2v) is 5.24. The summed E-state index contributed by atoms with van der Waals surface area (Å²) in [5.41, 5.74) is 0.204. The van der Waals surface area contributed by atoms with E-state index in [1.807, 2.05) is 30.8 Å². The van der Waals surface area contributed by atoms with Crippen LogP contribution in [0.5, 0.6) is 0 Å². The molecule has 1 heterocycles. The molecule has 0 saturated carbocycles. The second-order valence-electron chi connectivity index (χ2n) is 5.24. The fourth-order valence-corrected chi connectivity index (χ4v) is 2.01. The maximum absolute atomic E-state index is 11.3. The Bertz CT molecular complexity index is 403. The van der Waals surface area contributed by atoms with Gasteiger partial charge in [0, 0.05) is 12.7 Å². The molecule has 1 aromatic heterocycles. The summed E-state index contributed by atoms with van der Waals surface area (Å²) in [4.78, 5) is 11.3. The third kappa shape index (κ3) is 5.03. The number of hydrogen-bond donors (Lipinski definition) is 2. The molecular formula is C14H25N3O2. The van der Waals surface area contributed by atoms with E-state index in [0.717, 1.165) is 38.0 Å². The largest absolute Gasteiger partial charge is 0.480 e. The third-order valence-corrected chi connectivity index (χ3v) is 3.33. The molecule has 5 nitrogen and oxygen atoms in total. The van der Waals surface area contributed by atoms with Crippen molar-refractivity contribution in [3.05, 3.63) is 18.0 Å². The summed E-state index contributed by atoms with van der Waals surface area (Å²) in [6.45, 7) is 7.35. The van der Waals surface area contributed by atoms with Crippen molar-refractivity contribution in [3.63, 3.8) is 0 Å². The first kappa shape index (κ1) is 15.7. The van der Waals surface area contributed by atoms with Crippen LogP contribution in [0.15, 0.2) is 12.3 Å². The maximum atomic E-state index is 11.3. The molecule has 0 amide bonds. The van der Waals surface area contributed by atoms with Crippen LogP contribution >= 0.6 is 0 Å². The van der Waals surface area contributed by atoms with Gasteiger partial charge < -0.3 is 10.4 Å². The number of aryl methyl sites for hydroxylation is 2. The standard InChI is InChI=1S/C14H25N3O2/c1-4-9-15-14(3,13(18)19)8-5-6-10-17-11-7-12(2)16-17/h7,11,15H,4-6,8-10H2,1-3H3,(H,18,19). The normalized spacial score (nSPS) is 14.3. The molecule has 0 aromatic carbocycles. The van der Waals surface area contributed by atoms with Gasteiger partial charge in [0.15, 0.2) is 0 Å². The lowest BCUT2D eigenvalue weighted by molar-refractivity contribution is -0.144. The first-order valence-electron chi connectivity index (χ1n) is 6.96. The Morgan fingerprint density at radius 3 is 2.79 bits per heavy atom. The van der Waals surface area contributed by atoms with Crippen LogP contribution in [0.1, 0.15) is 45.2 Å². The summed E-state index contributed by atoms with van der Waals surface area (Å²) in [5.74, 6) is -0.768. The number of hydrogen-bond acceptors (Lipinski definition) is 3. The lowest BCUT2D eigenvalue weighted by Crippen LogP contribution is -2.49. The quantitative estimate of drug-likeness (QED) is 0.673. The van der Waals surface area contributed by atoms with Gasteiger partial charge in [-0.15, -0.1) is 0 Å². The first-order valence-corrected chi connectivity index (χ1v) is 6.96. The van der Waals surface area contributed by atoms with Crippen LogP contribution < -0.4 is 5.32 Å². The van der Waals surface area contributed by atoms with Gasteiger partial charge in [0.1, 0.15) is 5.54 Å². The van der Waals surface area contributed by atoms with E-state index in [0.29, 0.717) is 6.42 Å². The number of aromatic nitrogens is 2. The van der Waals surface area contributed by atoms with Crippen molar-refractivity contribution in [2.24, 2.45) is 0 Å². The molecule has 1 atom stereocenters. The van der Waals surface area contributed by atoms with E-state index >= 15 is 0 Å². The van der Waals surface area contributed by atoms with Crippen molar-refractivity contribution < 1.29 is 9.90 Å². The topological polar surface area (TPSA) is 67.2 Å². The van der Waals surface area contributed by atoms with E-state index in [1.165, 1.54) is 0 Å². The zero-order chi connectivity index (χ0) is 14.3. The lowest BCUT2D eigenvalue weighted by atomic mass is 9.94. The number of carboxylic acids is 1. The number of nitrogens with one attached hydrogen (secondary N) is 1. The van der Waals surface area contributed by atoms with E-state index < -0.39 is 11.5 Å². The molecule has 0 aliphatic rings. The van der Waals surface area contributed by atoms with E-state index in [-0.39, 0.29) is 0 Å². The highest BCUT2D eigenvalue weighted by Crippen LogP contribution is 2.15. The summed E-state index contributed by atoms with van der Waals surface area (Å²) < 4.78 is 1.91. The van der Waals surface area contributed by atoms with Crippen LogP contribution in [0.2, 0.25) is 0 Å². The molecule has 0 aliphatic heterocycles. The molecule has 0 radical (unpaired) electrons. The predicted molar refractivity (Wildman–Crippen MR) is 75.1 cm³/mol. The number of unbranched alkanes of at least 4 members (excludes halogenated alkanes) is 1. The molecule has 5 heteroatoms. The fourth-order valence-electron chi connectivity index (χ4n) is 2.01. The monoisotopic (exact) mass is 267 g/mol. The van der Waals surface area contributed by atoms with Gasteiger partial charge in [0.05, 0.1) is 5.69 Å². The highest BCUT2D eigenvalue weighted by Gasteiger charge is 2.31. The van der Waals surface area contributed by atoms with Crippen LogP contribution in [0.4, 0.5) is 0 Å². The van der Waals surface area contributed by atoms with Crippen LogP contribution in [-0.4, -0.2) is 32.9 Å². The highest BCUT2D eigenvalue weighted by atomic mass is 16.4. The Balaban J connectivity index is 2.34. The minimum absolute atomic E-state index is 0.641. The van der Waals surface area contributed by atoms with Crippen molar-refractivity contribution >= 4 is 5.97 Å². The first-order chi connectivity index (χ1) is 8.98. The van der Waals surface area contributed by atoms with Gasteiger partial charge in [-0.1, -0.05) is 6.92 Å². The third-order valence-electron chi connectivity index (χ3n) is 3.33. The molecule has 19 heavy (non-hydrogen) atoms. The highest BCUT2D eigenvalue weighted by molar-refractivity contribution is 5.78. The van der Waals surface area contributed by atoms with Gasteiger partial charge in [-0.05, 0) is 52.1 Å². The van der Waals surface area contributed by atoms with Crippen LogP contribution in [-0.2, 0) is 11.3 Å². The Labute approximate surface area is 115 Å². The minimum atomic E-state index is -0.809. The number of nitrogens with zero attached hydrogens (tertiary/aromatic N) is 2. The SMILES string of the molecule is CCCNC(C)(CCCCn1ccc(C)n1)C(=O)O. The van der Waals surface area contributed by atoms with Gasteiger partial charge >= 0.3 is 5.97 Å². The fraction of sp³-hybridized carbons (Fsp3) is 0.714. The van der Waals surface area contributed by atoms with Crippen molar-refractivity contribution in [2.75, 3.05) is 6.54 Å². The molecule has 1 unspecified atom stereocenters. The second kappa shape index (κ2) is 7.28. The van der Waals surface area contributed by atoms with Crippen LogP contribution in [0, 0.1) is 6.92 Å². The minimum Gasteiger partial charge on any atom is -0.480 e. The molecule has 0 saturated heterocycles. The smallest absolute Gasteiger partial charge is 0.323 e. The van der Waals surface area contributed by atoms with E-state index in [2.05, 4.69) is 10.4 Å². The summed E-state index contributed by atoms with van der Waals surface area (Å²) in [7, 11) is 0. The number of carbonyl (C=O) groups is 1. The molecular weight excluding hydrogens is 242 g/mol. The van der Waals surface area contributed by atoms with Crippen molar-refractivity contribution in [1.82, 2.24) is 15.1 Å². The van der Waals surface area contributed by atoms with Gasteiger partial charge in [0.25, 0.3) is 0 Å². The average Bonchev–Trinajstić information content (AvgIpc) is 2.78. The lowest BCUT2D eigenvalue weighted by Gasteiger charge is -2.26. The molecule has 0 bridgehead atoms. The summed E-state index contributed by atoms with van der Waals surface area (Å²) in [6.07, 6.45) is 5.36. The van der Waals surface area contributed by atoms with E-state index in [4.69, 9.17) is 0 Å². The zero-order valence-electron chi connectivity index (χ0n) is 12.1. The summed E-state index contributed by atoms with van der Waals surface area (Å²) in [5, 5.41) is 16.7. The van der Waals surface area contributed by atoms with Gasteiger partial charge in [-0.3, -0.25) is 9.48 Å². The summed E-state index contributed by atoms with van der Waals surface area (Å²) in [6, 6.07) is 1.98. The average molecular weight is 267 g/mol. The van der Waals surface area contributed by atoms with Gasteiger partial charge in [-0.2, -0.15) is 5.10 Å². The molecule has 2 N–H and O–H groups in total. The Hall–Kier alpha value is -1.36. The number of aliphatic carboxylic acids is 1. The maximum Gasteiger partial charge on any atom is 0.323 e. The van der Waals surface area contributed by atoms with Crippen LogP contribution in [0.25, 0.3) is 0 Å². The zero-order valence-corrected chi connectivity index (χ0v) is 12.1. The molecule has 0 spiro atoms. The molecule has 1 aromatic rings. The van der Waals surface area contributed by atoms with E-state index in [9.17, 15) is 9.90 Å². The van der Waals surface area contributed by atoms with Gasteiger partial charge in [0.2, 0.25) is 0 Å². The molecule has 1 rings (SSSR count). The van der Waals surface area contributed by atoms with Crippen molar-refractivity contribution in [1.29, 1.82) is 0 Å². The van der Waals surface area contributed by atoms with E-state index in [1.54, 1.807) is 6.92 Å². The predicted octanol–water partition coefficient (Wildman–Crippen LogP) is 2.20. The van der Waals surface area contributed by atoms with Crippen molar-refractivity contribution in [3.8, 4) is 0 Å². The van der Waals surface area contributed by atoms with Gasteiger partial charge in [-0.25, -0.2) is 0 Å². The Kier molecular flexibility index (Phi) is 6.02. The van der Waals surface area contributed by atoms with Crippen molar-refractivity contribution in [2.45, 2.75) is 58.5 Å². The summed E-state index contributed by atoms with van der Waals surface area (Å²) >= 11 is 0. The number of carboxylic acid groups (broad SMARTS) is 1. The van der Waals surface area contributed by atoms with Crippen LogP contribution in [0.3, 0.4) is 0 Å². The molecule has 0 fully saturated rings. The molecule has 0 aliphatic carbocycles.